The molecule has 1 aliphatic rings. The van der Waals surface area contributed by atoms with Crippen molar-refractivity contribution < 1.29 is 28.9 Å². The van der Waals surface area contributed by atoms with Crippen LogP contribution in [0.1, 0.15) is 15.9 Å². The lowest BCUT2D eigenvalue weighted by atomic mass is 10.1. The number of rotatable bonds is 4. The molecule has 25 heavy (non-hydrogen) atoms. The molecule has 7 nitrogen and oxygen atoms in total. The van der Waals surface area contributed by atoms with Crippen LogP contribution in [0.15, 0.2) is 36.4 Å². The smallest absolute Gasteiger partial charge is 0.342 e. The van der Waals surface area contributed by atoms with Crippen molar-refractivity contribution in [2.45, 2.75) is 6.92 Å². The molecule has 0 aromatic heterocycles. The van der Waals surface area contributed by atoms with Gasteiger partial charge in [-0.1, -0.05) is 12.1 Å². The van der Waals surface area contributed by atoms with E-state index in [0.29, 0.717) is 36.0 Å². The SMILES string of the molecule is Cc1cccc(C(=O)OCC(=O)Nc2ccc3c(c2)OCCO3)c1O. The van der Waals surface area contributed by atoms with Gasteiger partial charge in [0.15, 0.2) is 18.1 Å². The van der Waals surface area contributed by atoms with E-state index in [1.54, 1.807) is 37.3 Å². The number of anilines is 1. The minimum Gasteiger partial charge on any atom is -0.507 e. The van der Waals surface area contributed by atoms with Gasteiger partial charge in [0.05, 0.1) is 0 Å². The molecule has 3 rings (SSSR count). The van der Waals surface area contributed by atoms with Gasteiger partial charge in [-0.3, -0.25) is 4.79 Å². The first kappa shape index (κ1) is 16.6. The number of fused-ring (bicyclic) bond motifs is 1. The van der Waals surface area contributed by atoms with Crippen molar-refractivity contribution in [1.82, 2.24) is 0 Å². The Balaban J connectivity index is 1.58. The molecule has 1 heterocycles. The Hall–Kier alpha value is -3.22. The second kappa shape index (κ2) is 7.12. The topological polar surface area (TPSA) is 94.1 Å². The Bertz CT molecular complexity index is 817. The predicted octanol–water partition coefficient (Wildman–Crippen LogP) is 2.27. The van der Waals surface area contributed by atoms with Crippen molar-refractivity contribution in [1.29, 1.82) is 0 Å². The Morgan fingerprint density at radius 2 is 1.92 bits per heavy atom. The molecular formula is C18H17NO6. The zero-order valence-corrected chi connectivity index (χ0v) is 13.6. The largest absolute Gasteiger partial charge is 0.507 e. The summed E-state index contributed by atoms with van der Waals surface area (Å²) in [5.74, 6) is -0.258. The number of nitrogens with one attached hydrogen (secondary N) is 1. The van der Waals surface area contributed by atoms with Gasteiger partial charge in [-0.15, -0.1) is 0 Å². The molecule has 7 heteroatoms. The number of carbonyl (C=O) groups is 2. The molecule has 1 amide bonds. The molecule has 130 valence electrons. The molecule has 2 aromatic carbocycles. The summed E-state index contributed by atoms with van der Waals surface area (Å²) in [6.07, 6.45) is 0. The molecule has 0 saturated heterocycles. The van der Waals surface area contributed by atoms with Crippen molar-refractivity contribution in [2.75, 3.05) is 25.1 Å². The third-order valence-electron chi connectivity index (χ3n) is 3.62. The lowest BCUT2D eigenvalue weighted by Crippen LogP contribution is -2.21. The minimum atomic E-state index is -0.765. The second-order valence-corrected chi connectivity index (χ2v) is 5.45. The highest BCUT2D eigenvalue weighted by Gasteiger charge is 2.16. The zero-order valence-electron chi connectivity index (χ0n) is 13.6. The van der Waals surface area contributed by atoms with Crippen LogP contribution in [0, 0.1) is 6.92 Å². The fourth-order valence-electron chi connectivity index (χ4n) is 2.35. The third kappa shape index (κ3) is 3.82. The highest BCUT2D eigenvalue weighted by molar-refractivity contribution is 5.97. The number of hydrogen-bond donors (Lipinski definition) is 2. The zero-order chi connectivity index (χ0) is 17.8. The van der Waals surface area contributed by atoms with E-state index >= 15 is 0 Å². The third-order valence-corrected chi connectivity index (χ3v) is 3.62. The van der Waals surface area contributed by atoms with E-state index in [9.17, 15) is 14.7 Å². The molecule has 0 saturated carbocycles. The van der Waals surface area contributed by atoms with Crippen molar-refractivity contribution in [2.24, 2.45) is 0 Å². The van der Waals surface area contributed by atoms with Crippen LogP contribution in [0.4, 0.5) is 5.69 Å². The van der Waals surface area contributed by atoms with E-state index in [4.69, 9.17) is 14.2 Å². The summed E-state index contributed by atoms with van der Waals surface area (Å²) in [4.78, 5) is 23.9. The van der Waals surface area contributed by atoms with E-state index in [-0.39, 0.29) is 11.3 Å². The number of aryl methyl sites for hydroxylation is 1. The van der Waals surface area contributed by atoms with E-state index in [1.807, 2.05) is 0 Å². The number of esters is 1. The van der Waals surface area contributed by atoms with Crippen molar-refractivity contribution >= 4 is 17.6 Å². The quantitative estimate of drug-likeness (QED) is 0.827. The van der Waals surface area contributed by atoms with Gasteiger partial charge >= 0.3 is 5.97 Å². The van der Waals surface area contributed by atoms with Gasteiger partial charge < -0.3 is 24.6 Å². The van der Waals surface area contributed by atoms with Gasteiger partial charge in [0.1, 0.15) is 24.5 Å². The monoisotopic (exact) mass is 343 g/mol. The summed E-state index contributed by atoms with van der Waals surface area (Å²) >= 11 is 0. The highest BCUT2D eigenvalue weighted by atomic mass is 16.6. The molecule has 2 N–H and O–H groups in total. The Morgan fingerprint density at radius 1 is 1.16 bits per heavy atom. The van der Waals surface area contributed by atoms with E-state index in [0.717, 1.165) is 0 Å². The maximum atomic E-state index is 12.0. The Morgan fingerprint density at radius 3 is 2.72 bits per heavy atom. The summed E-state index contributed by atoms with van der Waals surface area (Å²) in [6, 6.07) is 9.73. The Kier molecular flexibility index (Phi) is 4.74. The number of phenolic OH excluding ortho intramolecular Hbond substituents is 1. The molecule has 0 fully saturated rings. The van der Waals surface area contributed by atoms with Crippen molar-refractivity contribution in [3.05, 3.63) is 47.5 Å². The number of hydrogen-bond acceptors (Lipinski definition) is 6. The van der Waals surface area contributed by atoms with Gasteiger partial charge in [0, 0.05) is 11.8 Å². The number of amides is 1. The predicted molar refractivity (Wildman–Crippen MR) is 89.2 cm³/mol. The lowest BCUT2D eigenvalue weighted by molar-refractivity contribution is -0.119. The first-order chi connectivity index (χ1) is 12.0. The molecule has 1 aliphatic heterocycles. The average molecular weight is 343 g/mol. The number of ether oxygens (including phenoxy) is 3. The molecule has 0 radical (unpaired) electrons. The first-order valence-electron chi connectivity index (χ1n) is 7.70. The van der Waals surface area contributed by atoms with Crippen LogP contribution in [0.2, 0.25) is 0 Å². The molecule has 0 spiro atoms. The fourth-order valence-corrected chi connectivity index (χ4v) is 2.35. The molecule has 0 bridgehead atoms. The van der Waals surface area contributed by atoms with Gasteiger partial charge in [-0.25, -0.2) is 4.79 Å². The summed E-state index contributed by atoms with van der Waals surface area (Å²) in [5, 5.41) is 12.5. The lowest BCUT2D eigenvalue weighted by Gasteiger charge is -2.19. The molecule has 0 aliphatic carbocycles. The number of benzene rings is 2. The molecule has 0 atom stereocenters. The van der Waals surface area contributed by atoms with Gasteiger partial charge in [0.2, 0.25) is 0 Å². The van der Waals surface area contributed by atoms with Crippen LogP contribution in [-0.4, -0.2) is 36.8 Å². The number of carbonyl (C=O) groups excluding carboxylic acids is 2. The van der Waals surface area contributed by atoms with Crippen LogP contribution in [-0.2, 0) is 9.53 Å². The maximum absolute atomic E-state index is 12.0. The van der Waals surface area contributed by atoms with E-state index in [2.05, 4.69) is 5.32 Å². The second-order valence-electron chi connectivity index (χ2n) is 5.45. The minimum absolute atomic E-state index is 0.0205. The van der Waals surface area contributed by atoms with Crippen LogP contribution in [0.25, 0.3) is 0 Å². The number of para-hydroxylation sites is 1. The summed E-state index contributed by atoms with van der Waals surface area (Å²) in [7, 11) is 0. The van der Waals surface area contributed by atoms with Crippen molar-refractivity contribution in [3.8, 4) is 17.2 Å². The first-order valence-corrected chi connectivity index (χ1v) is 7.70. The van der Waals surface area contributed by atoms with Crippen LogP contribution < -0.4 is 14.8 Å². The van der Waals surface area contributed by atoms with Crippen molar-refractivity contribution in [3.63, 3.8) is 0 Å². The standard InChI is InChI=1S/C18H17NO6/c1-11-3-2-4-13(17(11)21)18(22)25-10-16(20)19-12-5-6-14-15(9-12)24-8-7-23-14/h2-6,9,21H,7-8,10H2,1H3,(H,19,20). The Labute approximate surface area is 144 Å². The summed E-state index contributed by atoms with van der Waals surface area (Å²) < 4.78 is 15.8. The molecule has 2 aromatic rings. The average Bonchev–Trinajstić information content (AvgIpc) is 2.62. The summed E-state index contributed by atoms with van der Waals surface area (Å²) in [6.45, 7) is 2.13. The van der Waals surface area contributed by atoms with E-state index in [1.165, 1.54) is 6.07 Å². The maximum Gasteiger partial charge on any atom is 0.342 e. The number of phenols is 1. The molecule has 0 unspecified atom stereocenters. The fraction of sp³-hybridized carbons (Fsp3) is 0.222. The normalized spacial score (nSPS) is 12.4. The molecular weight excluding hydrogens is 326 g/mol. The van der Waals surface area contributed by atoms with Crippen LogP contribution in [0.3, 0.4) is 0 Å². The van der Waals surface area contributed by atoms with Gasteiger partial charge in [0.25, 0.3) is 5.91 Å². The van der Waals surface area contributed by atoms with Gasteiger partial charge in [-0.2, -0.15) is 0 Å². The number of aromatic hydroxyl groups is 1. The highest BCUT2D eigenvalue weighted by Crippen LogP contribution is 2.32. The summed E-state index contributed by atoms with van der Waals surface area (Å²) in [5.41, 5.74) is 1.08. The van der Waals surface area contributed by atoms with E-state index < -0.39 is 18.5 Å². The van der Waals surface area contributed by atoms with Crippen LogP contribution in [0.5, 0.6) is 17.2 Å². The van der Waals surface area contributed by atoms with Gasteiger partial charge in [-0.05, 0) is 30.7 Å². The van der Waals surface area contributed by atoms with Crippen LogP contribution >= 0.6 is 0 Å².